The van der Waals surface area contributed by atoms with Crippen molar-refractivity contribution in [2.45, 2.75) is 39.5 Å². The van der Waals surface area contributed by atoms with E-state index in [2.05, 4.69) is 4.72 Å². The van der Waals surface area contributed by atoms with E-state index in [4.69, 9.17) is 4.74 Å². The minimum absolute atomic E-state index is 0.0000591. The fraction of sp³-hybridized carbons (Fsp3) is 0.562. The Balaban J connectivity index is 1.80. The molecule has 1 aromatic rings. The molecule has 128 valence electrons. The molecule has 1 fully saturated rings. The third-order valence-electron chi connectivity index (χ3n) is 3.69. The van der Waals surface area contributed by atoms with Gasteiger partial charge in [-0.15, -0.1) is 0 Å². The summed E-state index contributed by atoms with van der Waals surface area (Å²) in [6.07, 6.45) is 2.71. The number of benzene rings is 1. The lowest BCUT2D eigenvalue weighted by molar-refractivity contribution is -0.119. The first-order chi connectivity index (χ1) is 10.9. The molecule has 0 bridgehead atoms. The Morgan fingerprint density at radius 1 is 1.13 bits per heavy atom. The van der Waals surface area contributed by atoms with Gasteiger partial charge in [0, 0.05) is 13.1 Å². The van der Waals surface area contributed by atoms with Gasteiger partial charge in [0.25, 0.3) is 0 Å². The zero-order valence-electron chi connectivity index (χ0n) is 13.7. The van der Waals surface area contributed by atoms with Crippen molar-refractivity contribution in [3.05, 3.63) is 29.3 Å². The number of aryl methyl sites for hydroxylation is 2. The number of nitrogens with one attached hydrogen (secondary N) is 1. The fourth-order valence-corrected chi connectivity index (χ4v) is 3.90. The predicted octanol–water partition coefficient (Wildman–Crippen LogP) is 1.92. The summed E-state index contributed by atoms with van der Waals surface area (Å²) in [6, 6.07) is 5.80. The molecule has 0 unspecified atom stereocenters. The van der Waals surface area contributed by atoms with Crippen molar-refractivity contribution >= 4 is 16.1 Å². The van der Waals surface area contributed by atoms with Crippen LogP contribution in [-0.4, -0.2) is 38.3 Å². The number of hydrogen-bond acceptors (Lipinski definition) is 4. The summed E-state index contributed by atoms with van der Waals surface area (Å²) in [5.74, 6) is 0.147. The fourth-order valence-electron chi connectivity index (χ4n) is 2.64. The van der Waals surface area contributed by atoms with Gasteiger partial charge in [-0.3, -0.25) is 4.79 Å². The topological polar surface area (TPSA) is 75.7 Å². The summed E-state index contributed by atoms with van der Waals surface area (Å²) < 4.78 is 33.1. The lowest BCUT2D eigenvalue weighted by Gasteiger charge is -2.25. The highest BCUT2D eigenvalue weighted by Crippen LogP contribution is 2.16. The van der Waals surface area contributed by atoms with Gasteiger partial charge >= 0.3 is 10.2 Å². The second-order valence-electron chi connectivity index (χ2n) is 5.91. The average molecular weight is 340 g/mol. The highest BCUT2D eigenvalue weighted by atomic mass is 32.2. The summed E-state index contributed by atoms with van der Waals surface area (Å²) in [5, 5.41) is 0. The summed E-state index contributed by atoms with van der Waals surface area (Å²) >= 11 is 0. The number of ether oxygens (including phenoxy) is 1. The van der Waals surface area contributed by atoms with Crippen molar-refractivity contribution < 1.29 is 17.9 Å². The molecule has 7 heteroatoms. The number of carbonyl (C=O) groups is 1. The van der Waals surface area contributed by atoms with Gasteiger partial charge in [-0.2, -0.15) is 12.7 Å². The van der Waals surface area contributed by atoms with E-state index in [0.717, 1.165) is 30.4 Å². The van der Waals surface area contributed by atoms with Gasteiger partial charge in [-0.05, 0) is 49.9 Å². The van der Waals surface area contributed by atoms with E-state index in [1.807, 2.05) is 32.0 Å². The van der Waals surface area contributed by atoms with Gasteiger partial charge in [-0.25, -0.2) is 4.72 Å². The zero-order valence-corrected chi connectivity index (χ0v) is 14.5. The number of rotatable bonds is 6. The molecule has 1 saturated heterocycles. The van der Waals surface area contributed by atoms with Gasteiger partial charge in [0.1, 0.15) is 5.75 Å². The van der Waals surface area contributed by atoms with Gasteiger partial charge in [0.15, 0.2) is 0 Å². The van der Waals surface area contributed by atoms with Crippen LogP contribution in [0.5, 0.6) is 5.75 Å². The van der Waals surface area contributed by atoms with Crippen molar-refractivity contribution in [1.82, 2.24) is 9.03 Å². The second-order valence-corrected chi connectivity index (χ2v) is 7.58. The van der Waals surface area contributed by atoms with E-state index in [1.165, 1.54) is 4.31 Å². The van der Waals surface area contributed by atoms with Crippen LogP contribution >= 0.6 is 0 Å². The summed E-state index contributed by atoms with van der Waals surface area (Å²) in [6.45, 7) is 5.03. The van der Waals surface area contributed by atoms with E-state index < -0.39 is 16.1 Å². The van der Waals surface area contributed by atoms with Crippen molar-refractivity contribution in [3.63, 3.8) is 0 Å². The van der Waals surface area contributed by atoms with Crippen molar-refractivity contribution in [2.24, 2.45) is 0 Å². The van der Waals surface area contributed by atoms with Crippen LogP contribution in [0.15, 0.2) is 18.2 Å². The molecule has 2 rings (SSSR count). The molecule has 0 saturated carbocycles. The number of amides is 1. The van der Waals surface area contributed by atoms with Crippen LogP contribution in [0.3, 0.4) is 0 Å². The molecule has 1 amide bonds. The lowest BCUT2D eigenvalue weighted by atomic mass is 10.1. The maximum Gasteiger partial charge on any atom is 0.303 e. The molecule has 0 atom stereocenters. The number of nitrogens with zero attached hydrogens (tertiary/aromatic N) is 1. The van der Waals surface area contributed by atoms with Gasteiger partial charge in [0.2, 0.25) is 5.91 Å². The molecule has 1 aliphatic heterocycles. The Kier molecular flexibility index (Phi) is 6.01. The molecule has 0 aromatic heterocycles. The molecule has 1 aromatic carbocycles. The second kappa shape index (κ2) is 7.79. The van der Waals surface area contributed by atoms with E-state index in [1.54, 1.807) is 0 Å². The first-order valence-corrected chi connectivity index (χ1v) is 9.33. The Morgan fingerprint density at radius 2 is 1.74 bits per heavy atom. The highest BCUT2D eigenvalue weighted by molar-refractivity contribution is 7.87. The highest BCUT2D eigenvalue weighted by Gasteiger charge is 2.25. The summed E-state index contributed by atoms with van der Waals surface area (Å²) in [5.41, 5.74) is 2.16. The Hall–Kier alpha value is -1.60. The molecule has 1 heterocycles. The largest absolute Gasteiger partial charge is 0.493 e. The number of carbonyl (C=O) groups excluding carboxylic acids is 1. The van der Waals surface area contributed by atoms with E-state index in [9.17, 15) is 13.2 Å². The Bertz CT molecular complexity index is 632. The van der Waals surface area contributed by atoms with Crippen LogP contribution < -0.4 is 9.46 Å². The molecule has 0 spiro atoms. The molecule has 0 aliphatic carbocycles. The number of hydrogen-bond donors (Lipinski definition) is 1. The molecule has 1 N–H and O–H groups in total. The average Bonchev–Trinajstić information content (AvgIpc) is 2.46. The standard InChI is InChI=1S/C16H24N2O4S/c1-13-10-14(2)12-15(11-13)22-9-6-16(19)17-23(20,21)18-7-4-3-5-8-18/h10-12H,3-9H2,1-2H3,(H,17,19). The third kappa shape index (κ3) is 5.51. The smallest absolute Gasteiger partial charge is 0.303 e. The van der Waals surface area contributed by atoms with Crippen LogP contribution in [-0.2, 0) is 15.0 Å². The maximum absolute atomic E-state index is 12.1. The van der Waals surface area contributed by atoms with E-state index in [0.29, 0.717) is 18.8 Å². The molecular weight excluding hydrogens is 316 g/mol. The van der Waals surface area contributed by atoms with Crippen LogP contribution in [0.2, 0.25) is 0 Å². The normalized spacial score (nSPS) is 16.1. The van der Waals surface area contributed by atoms with Crippen molar-refractivity contribution in [2.75, 3.05) is 19.7 Å². The van der Waals surface area contributed by atoms with E-state index >= 15 is 0 Å². The van der Waals surface area contributed by atoms with Gasteiger partial charge < -0.3 is 4.74 Å². The first kappa shape index (κ1) is 17.7. The summed E-state index contributed by atoms with van der Waals surface area (Å²) in [4.78, 5) is 11.8. The first-order valence-electron chi connectivity index (χ1n) is 7.89. The van der Waals surface area contributed by atoms with Crippen LogP contribution in [0.25, 0.3) is 0 Å². The molecule has 0 radical (unpaired) electrons. The molecule has 6 nitrogen and oxygen atoms in total. The number of piperidine rings is 1. The Morgan fingerprint density at radius 3 is 2.35 bits per heavy atom. The van der Waals surface area contributed by atoms with Crippen LogP contribution in [0.1, 0.15) is 36.8 Å². The quantitative estimate of drug-likeness (QED) is 0.858. The minimum Gasteiger partial charge on any atom is -0.493 e. The lowest BCUT2D eigenvalue weighted by Crippen LogP contribution is -2.45. The zero-order chi connectivity index (χ0) is 16.9. The van der Waals surface area contributed by atoms with Gasteiger partial charge in [-0.1, -0.05) is 12.5 Å². The van der Waals surface area contributed by atoms with Gasteiger partial charge in [0.05, 0.1) is 13.0 Å². The third-order valence-corrected chi connectivity index (χ3v) is 5.22. The molecule has 23 heavy (non-hydrogen) atoms. The molecule has 1 aliphatic rings. The monoisotopic (exact) mass is 340 g/mol. The minimum atomic E-state index is -3.71. The predicted molar refractivity (Wildman–Crippen MR) is 88.5 cm³/mol. The SMILES string of the molecule is Cc1cc(C)cc(OCCC(=O)NS(=O)(=O)N2CCCCC2)c1. The van der Waals surface area contributed by atoms with Crippen molar-refractivity contribution in [3.8, 4) is 5.75 Å². The van der Waals surface area contributed by atoms with Crippen LogP contribution in [0.4, 0.5) is 0 Å². The van der Waals surface area contributed by atoms with Crippen LogP contribution in [0, 0.1) is 13.8 Å². The summed E-state index contributed by atoms with van der Waals surface area (Å²) in [7, 11) is -3.71. The van der Waals surface area contributed by atoms with Crippen molar-refractivity contribution in [1.29, 1.82) is 0 Å². The molecular formula is C16H24N2O4S. The Labute approximate surface area is 138 Å². The van der Waals surface area contributed by atoms with E-state index in [-0.39, 0.29) is 13.0 Å². The maximum atomic E-state index is 12.1.